The zero-order valence-electron chi connectivity index (χ0n) is 21.5. The number of ether oxygens (including phenoxy) is 5. The van der Waals surface area contributed by atoms with E-state index in [1.54, 1.807) is 17.5 Å². The molecule has 0 N–H and O–H groups in total. The van der Waals surface area contributed by atoms with Gasteiger partial charge in [0.25, 0.3) is 0 Å². The van der Waals surface area contributed by atoms with E-state index in [-0.39, 0.29) is 6.61 Å². The van der Waals surface area contributed by atoms with Crippen LogP contribution < -0.4 is 0 Å². The van der Waals surface area contributed by atoms with E-state index in [0.29, 0.717) is 11.4 Å². The Morgan fingerprint density at radius 2 is 1.62 bits per heavy atom. The Morgan fingerprint density at radius 1 is 0.949 bits per heavy atom. The van der Waals surface area contributed by atoms with Crippen LogP contribution in [0.25, 0.3) is 10.2 Å². The fourth-order valence-electron chi connectivity index (χ4n) is 3.97. The quantitative estimate of drug-likeness (QED) is 0.207. The van der Waals surface area contributed by atoms with E-state index >= 15 is 0 Å². The summed E-state index contributed by atoms with van der Waals surface area (Å²) in [6, 6.07) is 7.82. The molecule has 0 spiro atoms. The number of aromatic nitrogens is 4. The van der Waals surface area contributed by atoms with E-state index in [4.69, 9.17) is 23.7 Å². The van der Waals surface area contributed by atoms with Gasteiger partial charge < -0.3 is 23.7 Å². The monoisotopic (exact) mass is 578 g/mol. The van der Waals surface area contributed by atoms with Gasteiger partial charge in [0, 0.05) is 33.4 Å². The number of esters is 4. The van der Waals surface area contributed by atoms with E-state index in [0.717, 1.165) is 28.4 Å². The molecule has 0 aliphatic carbocycles. The topological polar surface area (TPSA) is 158 Å². The number of fused-ring (bicyclic) bond motifs is 1. The second-order valence-corrected chi connectivity index (χ2v) is 10.8. The van der Waals surface area contributed by atoms with Crippen LogP contribution in [0, 0.1) is 0 Å². The van der Waals surface area contributed by atoms with Crippen molar-refractivity contribution in [3.05, 3.63) is 36.2 Å². The summed E-state index contributed by atoms with van der Waals surface area (Å²) in [4.78, 5) is 52.0. The molecule has 3 aromatic rings. The maximum atomic E-state index is 12.0. The summed E-state index contributed by atoms with van der Waals surface area (Å²) < 4.78 is 30.8. The fourth-order valence-corrected chi connectivity index (χ4v) is 5.92. The first-order valence-corrected chi connectivity index (χ1v) is 13.6. The van der Waals surface area contributed by atoms with Gasteiger partial charge in [-0.25, -0.2) is 9.67 Å². The lowest BCUT2D eigenvalue weighted by Gasteiger charge is -2.44. The van der Waals surface area contributed by atoms with E-state index in [2.05, 4.69) is 15.3 Å². The first-order chi connectivity index (χ1) is 18.6. The molecule has 39 heavy (non-hydrogen) atoms. The Bertz CT molecular complexity index is 1330. The van der Waals surface area contributed by atoms with Crippen LogP contribution >= 0.6 is 23.1 Å². The van der Waals surface area contributed by atoms with Crippen molar-refractivity contribution in [1.29, 1.82) is 0 Å². The van der Waals surface area contributed by atoms with Crippen molar-refractivity contribution in [3.8, 4) is 0 Å². The molecule has 0 radical (unpaired) electrons. The molecule has 0 saturated carbocycles. The van der Waals surface area contributed by atoms with Gasteiger partial charge in [-0.2, -0.15) is 0 Å². The van der Waals surface area contributed by atoms with Crippen LogP contribution in [-0.4, -0.2) is 74.9 Å². The number of rotatable bonds is 9. The second kappa shape index (κ2) is 12.5. The maximum absolute atomic E-state index is 12.0. The van der Waals surface area contributed by atoms with Crippen LogP contribution in [0.2, 0.25) is 0 Å². The highest BCUT2D eigenvalue weighted by atomic mass is 32.2. The number of thioether (sulfide) groups is 1. The lowest BCUT2D eigenvalue weighted by molar-refractivity contribution is -0.270. The largest absolute Gasteiger partial charge is 0.463 e. The zero-order valence-corrected chi connectivity index (χ0v) is 23.1. The molecule has 0 amide bonds. The number of carbonyl (C=O) groups excluding carboxylic acids is 4. The average molecular weight is 579 g/mol. The SMILES string of the molecule is CC(=O)OC[C@H]1O[C@@H](n2cc(CSc3nc4ccccc4s3)nn2)[C@H](OC(C)=O)[C@@H](OC(C)=O)[C@@H]1OC(C)=O. The predicted molar refractivity (Wildman–Crippen MR) is 136 cm³/mol. The minimum absolute atomic E-state index is 0.330. The average Bonchev–Trinajstić information content (AvgIpc) is 3.50. The first-order valence-electron chi connectivity index (χ1n) is 11.8. The van der Waals surface area contributed by atoms with Crippen LogP contribution in [0.15, 0.2) is 34.8 Å². The summed E-state index contributed by atoms with van der Waals surface area (Å²) in [6.07, 6.45) is -4.44. The molecule has 1 fully saturated rings. The Kier molecular flexibility index (Phi) is 9.14. The zero-order chi connectivity index (χ0) is 28.1. The Morgan fingerprint density at radius 3 is 2.28 bits per heavy atom. The van der Waals surface area contributed by atoms with Crippen molar-refractivity contribution in [1.82, 2.24) is 20.0 Å². The van der Waals surface area contributed by atoms with Crippen LogP contribution in [0.3, 0.4) is 0 Å². The van der Waals surface area contributed by atoms with E-state index in [1.807, 2.05) is 24.3 Å². The number of hydrogen-bond donors (Lipinski definition) is 0. The van der Waals surface area contributed by atoms with Crippen molar-refractivity contribution in [2.45, 2.75) is 68.4 Å². The van der Waals surface area contributed by atoms with Crippen LogP contribution in [-0.2, 0) is 48.6 Å². The highest BCUT2D eigenvalue weighted by molar-refractivity contribution is 8.00. The number of para-hydroxylation sites is 1. The Hall–Kier alpha value is -3.56. The minimum atomic E-state index is -1.29. The highest BCUT2D eigenvalue weighted by Gasteiger charge is 2.53. The van der Waals surface area contributed by atoms with Crippen molar-refractivity contribution in [2.75, 3.05) is 6.61 Å². The third-order valence-electron chi connectivity index (χ3n) is 5.40. The number of thiazole rings is 1. The molecule has 13 nitrogen and oxygen atoms in total. The minimum Gasteiger partial charge on any atom is -0.463 e. The lowest BCUT2D eigenvalue weighted by atomic mass is 9.97. The Labute approximate surface area is 231 Å². The lowest BCUT2D eigenvalue weighted by Crippen LogP contribution is -2.60. The van der Waals surface area contributed by atoms with Crippen molar-refractivity contribution in [3.63, 3.8) is 0 Å². The summed E-state index contributed by atoms with van der Waals surface area (Å²) in [6.45, 7) is 4.37. The molecule has 208 valence electrons. The molecule has 1 aliphatic heterocycles. The molecule has 4 rings (SSSR count). The van der Waals surface area contributed by atoms with Gasteiger partial charge in [0.05, 0.1) is 22.1 Å². The van der Waals surface area contributed by atoms with Gasteiger partial charge in [-0.05, 0) is 12.1 Å². The second-order valence-electron chi connectivity index (χ2n) is 8.52. The molecular formula is C24H26N4O9S2. The van der Waals surface area contributed by atoms with Gasteiger partial charge in [0.1, 0.15) is 12.7 Å². The number of hydrogen-bond acceptors (Lipinski definition) is 14. The third kappa shape index (κ3) is 7.30. The third-order valence-corrected chi connectivity index (χ3v) is 7.62. The van der Waals surface area contributed by atoms with Gasteiger partial charge in [-0.15, -0.1) is 16.4 Å². The van der Waals surface area contributed by atoms with Gasteiger partial charge >= 0.3 is 23.9 Å². The molecular weight excluding hydrogens is 552 g/mol. The van der Waals surface area contributed by atoms with E-state index < -0.39 is 54.5 Å². The van der Waals surface area contributed by atoms with Gasteiger partial charge in [0.2, 0.25) is 0 Å². The van der Waals surface area contributed by atoms with Crippen LogP contribution in [0.4, 0.5) is 0 Å². The molecule has 5 atom stereocenters. The first kappa shape index (κ1) is 28.4. The molecule has 15 heteroatoms. The van der Waals surface area contributed by atoms with Crippen LogP contribution in [0.5, 0.6) is 0 Å². The van der Waals surface area contributed by atoms with Crippen molar-refractivity contribution < 1.29 is 42.9 Å². The number of nitrogens with zero attached hydrogens (tertiary/aromatic N) is 4. The standard InChI is InChI=1S/C24H26N4O9S2/c1-12(29)33-10-18-20(34-13(2)30)21(35-14(3)31)22(36-15(4)32)23(37-18)28-9-16(26-27-28)11-38-24-25-17-7-5-6-8-19(17)39-24/h5-9,18,20-23H,10-11H2,1-4H3/t18-,20-,21+,22-,23-/m1/s1. The van der Waals surface area contributed by atoms with Gasteiger partial charge in [-0.1, -0.05) is 29.1 Å². The van der Waals surface area contributed by atoms with Gasteiger partial charge in [0.15, 0.2) is 28.9 Å². The molecule has 1 saturated heterocycles. The fraction of sp³-hybridized carbons (Fsp3) is 0.458. The Balaban J connectivity index is 1.60. The van der Waals surface area contributed by atoms with E-state index in [1.165, 1.54) is 30.3 Å². The summed E-state index contributed by atoms with van der Waals surface area (Å²) in [5, 5.41) is 8.34. The van der Waals surface area contributed by atoms with E-state index in [9.17, 15) is 19.2 Å². The van der Waals surface area contributed by atoms with Crippen molar-refractivity contribution >= 4 is 57.2 Å². The molecule has 0 unspecified atom stereocenters. The molecule has 0 bridgehead atoms. The molecule has 2 aromatic heterocycles. The summed E-state index contributed by atoms with van der Waals surface area (Å²) in [5.74, 6) is -2.28. The molecule has 1 aromatic carbocycles. The normalized spacial score (nSPS) is 22.7. The summed E-state index contributed by atoms with van der Waals surface area (Å²) in [5.41, 5.74) is 1.48. The maximum Gasteiger partial charge on any atom is 0.303 e. The van der Waals surface area contributed by atoms with Crippen molar-refractivity contribution in [2.24, 2.45) is 0 Å². The van der Waals surface area contributed by atoms with Crippen LogP contribution in [0.1, 0.15) is 39.6 Å². The molecule has 1 aliphatic rings. The van der Waals surface area contributed by atoms with Gasteiger partial charge in [-0.3, -0.25) is 19.2 Å². The molecule has 3 heterocycles. The number of carbonyl (C=O) groups is 4. The summed E-state index contributed by atoms with van der Waals surface area (Å²) in [7, 11) is 0. The summed E-state index contributed by atoms with van der Waals surface area (Å²) >= 11 is 3.04. The smallest absolute Gasteiger partial charge is 0.303 e. The predicted octanol–water partition coefficient (Wildman–Crippen LogP) is 2.44. The highest BCUT2D eigenvalue weighted by Crippen LogP contribution is 2.35. The number of benzene rings is 1.